The summed E-state index contributed by atoms with van der Waals surface area (Å²) in [6, 6.07) is 11.6. The number of nitrogens with one attached hydrogen (secondary N) is 1. The molecule has 1 N–H and O–H groups in total. The number of thiophene rings is 1. The number of carbonyl (C=O) groups is 2. The van der Waals surface area contributed by atoms with Gasteiger partial charge in [-0.15, -0.1) is 11.3 Å². The fourth-order valence-electron chi connectivity index (χ4n) is 2.39. The molecule has 6 heteroatoms. The van der Waals surface area contributed by atoms with Crippen molar-refractivity contribution in [2.75, 3.05) is 13.7 Å². The van der Waals surface area contributed by atoms with Crippen LogP contribution in [0.15, 0.2) is 41.8 Å². The summed E-state index contributed by atoms with van der Waals surface area (Å²) in [6.07, 6.45) is 0. The van der Waals surface area contributed by atoms with Crippen LogP contribution in [0, 0.1) is 5.41 Å². The van der Waals surface area contributed by atoms with Gasteiger partial charge < -0.3 is 15.0 Å². The fourth-order valence-corrected chi connectivity index (χ4v) is 3.11. The van der Waals surface area contributed by atoms with E-state index < -0.39 is 5.41 Å². The van der Waals surface area contributed by atoms with E-state index in [9.17, 15) is 9.59 Å². The van der Waals surface area contributed by atoms with Crippen molar-refractivity contribution in [1.82, 2.24) is 10.2 Å². The Kier molecular flexibility index (Phi) is 6.80. The summed E-state index contributed by atoms with van der Waals surface area (Å²) < 4.78 is 5.40. The van der Waals surface area contributed by atoms with E-state index >= 15 is 0 Å². The van der Waals surface area contributed by atoms with Crippen LogP contribution in [0.4, 0.5) is 0 Å². The molecule has 5 nitrogen and oxygen atoms in total. The van der Waals surface area contributed by atoms with Crippen LogP contribution in [0.2, 0.25) is 0 Å². The number of rotatable bonds is 7. The number of nitrogens with zero attached hydrogens (tertiary/aromatic N) is 1. The largest absolute Gasteiger partial charge is 0.496 e. The predicted molar refractivity (Wildman–Crippen MR) is 104 cm³/mol. The van der Waals surface area contributed by atoms with Gasteiger partial charge in [0.05, 0.1) is 20.2 Å². The summed E-state index contributed by atoms with van der Waals surface area (Å²) >= 11 is 1.61. The standard InChI is InChI=1S/C20H26N2O3S/c1-20(2,3)19(24)21-12-18(23)22(14-16-9-7-11-26-16)13-15-8-5-6-10-17(15)25-4/h5-11H,12-14H2,1-4H3,(H,21,24). The predicted octanol–water partition coefficient (Wildman–Crippen LogP) is 3.45. The van der Waals surface area contributed by atoms with E-state index in [0.717, 1.165) is 16.2 Å². The Morgan fingerprint density at radius 2 is 1.85 bits per heavy atom. The smallest absolute Gasteiger partial charge is 0.242 e. The molecule has 1 aromatic heterocycles. The normalized spacial score (nSPS) is 11.1. The average molecular weight is 375 g/mol. The van der Waals surface area contributed by atoms with Gasteiger partial charge >= 0.3 is 0 Å². The van der Waals surface area contributed by atoms with Crippen molar-refractivity contribution in [3.05, 3.63) is 52.2 Å². The molecule has 0 saturated carbocycles. The zero-order chi connectivity index (χ0) is 19.2. The zero-order valence-electron chi connectivity index (χ0n) is 15.7. The summed E-state index contributed by atoms with van der Waals surface area (Å²) in [5.74, 6) is 0.483. The lowest BCUT2D eigenvalue weighted by molar-refractivity contribution is -0.136. The quantitative estimate of drug-likeness (QED) is 0.808. The lowest BCUT2D eigenvalue weighted by atomic mass is 9.96. The second kappa shape index (κ2) is 8.85. The van der Waals surface area contributed by atoms with Crippen LogP contribution in [0.3, 0.4) is 0 Å². The molecule has 0 aliphatic carbocycles. The van der Waals surface area contributed by atoms with E-state index in [1.807, 2.05) is 62.5 Å². The number of hydrogen-bond acceptors (Lipinski definition) is 4. The number of amides is 2. The van der Waals surface area contributed by atoms with Gasteiger partial charge in [-0.2, -0.15) is 0 Å². The van der Waals surface area contributed by atoms with Crippen molar-refractivity contribution in [3.8, 4) is 5.75 Å². The number of para-hydroxylation sites is 1. The van der Waals surface area contributed by atoms with E-state index in [4.69, 9.17) is 4.74 Å². The highest BCUT2D eigenvalue weighted by molar-refractivity contribution is 7.09. The summed E-state index contributed by atoms with van der Waals surface area (Å²) in [5, 5.41) is 4.73. The molecule has 0 radical (unpaired) electrons. The van der Waals surface area contributed by atoms with Crippen LogP contribution in [0.5, 0.6) is 5.75 Å². The van der Waals surface area contributed by atoms with Gasteiger partial charge in [0.25, 0.3) is 0 Å². The molecular formula is C20H26N2O3S. The van der Waals surface area contributed by atoms with E-state index in [2.05, 4.69) is 5.32 Å². The minimum absolute atomic E-state index is 0.0172. The first-order chi connectivity index (χ1) is 12.3. The number of carbonyl (C=O) groups excluding carboxylic acids is 2. The highest BCUT2D eigenvalue weighted by atomic mass is 32.1. The van der Waals surface area contributed by atoms with Gasteiger partial charge in [-0.1, -0.05) is 45.0 Å². The summed E-state index contributed by atoms with van der Waals surface area (Å²) in [5.41, 5.74) is 0.406. The van der Waals surface area contributed by atoms with Gasteiger partial charge in [0.1, 0.15) is 5.75 Å². The molecule has 1 heterocycles. The maximum absolute atomic E-state index is 12.8. The van der Waals surface area contributed by atoms with Gasteiger partial charge in [-0.05, 0) is 17.5 Å². The molecule has 2 aromatic rings. The fraction of sp³-hybridized carbons (Fsp3) is 0.400. The molecule has 0 aliphatic rings. The van der Waals surface area contributed by atoms with E-state index in [1.165, 1.54) is 0 Å². The van der Waals surface area contributed by atoms with Gasteiger partial charge in [0.15, 0.2) is 0 Å². The Morgan fingerprint density at radius 3 is 2.46 bits per heavy atom. The second-order valence-electron chi connectivity index (χ2n) is 7.07. The first kappa shape index (κ1) is 20.0. The van der Waals surface area contributed by atoms with Crippen molar-refractivity contribution in [2.24, 2.45) is 5.41 Å². The van der Waals surface area contributed by atoms with Crippen LogP contribution in [-0.2, 0) is 22.7 Å². The Labute approximate surface area is 159 Å². The molecule has 0 spiro atoms. The van der Waals surface area contributed by atoms with Gasteiger partial charge in [-0.25, -0.2) is 0 Å². The Bertz CT molecular complexity index is 736. The SMILES string of the molecule is COc1ccccc1CN(Cc1cccs1)C(=O)CNC(=O)C(C)(C)C. The van der Waals surface area contributed by atoms with Crippen LogP contribution in [-0.4, -0.2) is 30.4 Å². The molecule has 2 amide bonds. The van der Waals surface area contributed by atoms with Gasteiger partial charge in [-0.3, -0.25) is 9.59 Å². The minimum atomic E-state index is -0.526. The highest BCUT2D eigenvalue weighted by Gasteiger charge is 2.23. The van der Waals surface area contributed by atoms with Gasteiger partial charge in [0.2, 0.25) is 11.8 Å². The van der Waals surface area contributed by atoms with Crippen LogP contribution in [0.25, 0.3) is 0 Å². The average Bonchev–Trinajstić information content (AvgIpc) is 3.11. The van der Waals surface area contributed by atoms with Crippen LogP contribution >= 0.6 is 11.3 Å². The van der Waals surface area contributed by atoms with Crippen molar-refractivity contribution < 1.29 is 14.3 Å². The lowest BCUT2D eigenvalue weighted by Crippen LogP contribution is -2.43. The molecule has 2 rings (SSSR count). The molecule has 0 atom stereocenters. The van der Waals surface area contributed by atoms with E-state index in [0.29, 0.717) is 13.1 Å². The molecule has 0 aliphatic heterocycles. The maximum Gasteiger partial charge on any atom is 0.242 e. The minimum Gasteiger partial charge on any atom is -0.496 e. The summed E-state index contributed by atoms with van der Waals surface area (Å²) in [7, 11) is 1.62. The van der Waals surface area contributed by atoms with E-state index in [-0.39, 0.29) is 18.4 Å². The Balaban J connectivity index is 2.12. The van der Waals surface area contributed by atoms with Crippen molar-refractivity contribution in [1.29, 1.82) is 0 Å². The Hall–Kier alpha value is -2.34. The number of hydrogen-bond donors (Lipinski definition) is 1. The molecular weight excluding hydrogens is 348 g/mol. The van der Waals surface area contributed by atoms with Crippen molar-refractivity contribution in [2.45, 2.75) is 33.9 Å². The third kappa shape index (κ3) is 5.59. The third-order valence-corrected chi connectivity index (χ3v) is 4.78. The number of ether oxygens (including phenoxy) is 1. The molecule has 140 valence electrons. The van der Waals surface area contributed by atoms with Crippen molar-refractivity contribution >= 4 is 23.2 Å². The molecule has 0 bridgehead atoms. The van der Waals surface area contributed by atoms with Gasteiger partial charge in [0, 0.05) is 22.4 Å². The third-order valence-electron chi connectivity index (χ3n) is 3.91. The number of methoxy groups -OCH3 is 1. The summed E-state index contributed by atoms with van der Waals surface area (Å²) in [4.78, 5) is 27.7. The zero-order valence-corrected chi connectivity index (χ0v) is 16.6. The first-order valence-electron chi connectivity index (χ1n) is 8.51. The monoisotopic (exact) mass is 374 g/mol. The maximum atomic E-state index is 12.8. The first-order valence-corrected chi connectivity index (χ1v) is 9.39. The summed E-state index contributed by atoms with van der Waals surface area (Å²) in [6.45, 7) is 6.38. The number of benzene rings is 1. The lowest BCUT2D eigenvalue weighted by Gasteiger charge is -2.24. The molecule has 1 aromatic carbocycles. The van der Waals surface area contributed by atoms with Crippen LogP contribution in [0.1, 0.15) is 31.2 Å². The highest BCUT2D eigenvalue weighted by Crippen LogP contribution is 2.21. The molecule has 26 heavy (non-hydrogen) atoms. The topological polar surface area (TPSA) is 58.6 Å². The molecule has 0 unspecified atom stereocenters. The second-order valence-corrected chi connectivity index (χ2v) is 8.11. The Morgan fingerprint density at radius 1 is 1.12 bits per heavy atom. The van der Waals surface area contributed by atoms with Crippen molar-refractivity contribution in [3.63, 3.8) is 0 Å². The molecule has 0 saturated heterocycles. The van der Waals surface area contributed by atoms with Crippen LogP contribution < -0.4 is 10.1 Å². The van der Waals surface area contributed by atoms with E-state index in [1.54, 1.807) is 23.3 Å². The molecule has 0 fully saturated rings.